The van der Waals surface area contributed by atoms with Crippen LogP contribution in [0.3, 0.4) is 0 Å². The highest BCUT2D eigenvalue weighted by Crippen LogP contribution is 2.50. The van der Waals surface area contributed by atoms with Gasteiger partial charge >= 0.3 is 20.4 Å². The Labute approximate surface area is 234 Å². The van der Waals surface area contributed by atoms with Crippen molar-refractivity contribution in [3.63, 3.8) is 0 Å². The summed E-state index contributed by atoms with van der Waals surface area (Å²) in [5.41, 5.74) is 1.69. The van der Waals surface area contributed by atoms with Gasteiger partial charge in [0.25, 0.3) is 5.91 Å². The van der Waals surface area contributed by atoms with Crippen LogP contribution >= 0.6 is 7.82 Å². The summed E-state index contributed by atoms with van der Waals surface area (Å²) < 4.78 is 63.3. The number of phosphoric acid groups is 1. The largest absolute Gasteiger partial charge is 0.527 e. The van der Waals surface area contributed by atoms with Crippen LogP contribution in [-0.2, 0) is 20.6 Å². The van der Waals surface area contributed by atoms with E-state index in [-0.39, 0.29) is 28.1 Å². The zero-order valence-electron chi connectivity index (χ0n) is 21.6. The van der Waals surface area contributed by atoms with Crippen LogP contribution in [0, 0.1) is 0 Å². The summed E-state index contributed by atoms with van der Waals surface area (Å²) in [5.74, 6) is -3.29. The van der Waals surface area contributed by atoms with E-state index in [1.54, 1.807) is 0 Å². The molecule has 2 aliphatic heterocycles. The summed E-state index contributed by atoms with van der Waals surface area (Å²) in [7, 11) is -5.12. The number of fused-ring (bicyclic) bond motifs is 9. The van der Waals surface area contributed by atoms with Gasteiger partial charge in [-0.3, -0.25) is 19.4 Å². The van der Waals surface area contributed by atoms with Crippen LogP contribution in [0.2, 0.25) is 0 Å². The van der Waals surface area contributed by atoms with Crippen molar-refractivity contribution >= 4 is 30.7 Å². The van der Waals surface area contributed by atoms with Gasteiger partial charge in [0.2, 0.25) is 0 Å². The summed E-state index contributed by atoms with van der Waals surface area (Å²) in [6, 6.07) is 7.33. The molecule has 3 atom stereocenters. The molecule has 0 aliphatic carbocycles. The first kappa shape index (κ1) is 27.8. The minimum atomic E-state index is -5.12. The van der Waals surface area contributed by atoms with Gasteiger partial charge in [-0.2, -0.15) is 8.78 Å². The third-order valence-electron chi connectivity index (χ3n) is 7.28. The predicted octanol–water partition coefficient (Wildman–Crippen LogP) is 4.08. The van der Waals surface area contributed by atoms with Gasteiger partial charge in [-0.15, -0.1) is 0 Å². The first-order chi connectivity index (χ1) is 20.0. The molecule has 12 nitrogen and oxygen atoms in total. The molecule has 3 N–H and O–H groups in total. The van der Waals surface area contributed by atoms with E-state index in [1.807, 2.05) is 28.8 Å². The molecule has 1 unspecified atom stereocenters. The van der Waals surface area contributed by atoms with E-state index in [1.165, 1.54) is 19.3 Å². The number of nitrogens with zero attached hydrogens (tertiary/aromatic N) is 4. The highest BCUT2D eigenvalue weighted by atomic mass is 31.2. The van der Waals surface area contributed by atoms with Gasteiger partial charge in [-0.05, 0) is 37.1 Å². The maximum Gasteiger partial charge on any atom is 0.527 e. The number of rotatable bonds is 7. The van der Waals surface area contributed by atoms with Crippen molar-refractivity contribution in [3.05, 3.63) is 71.1 Å². The Bertz CT molecular complexity index is 1790. The lowest BCUT2D eigenvalue weighted by Crippen LogP contribution is -2.28. The topological polar surface area (TPSA) is 166 Å². The molecular formula is C26H21F3N5O7P. The summed E-state index contributed by atoms with van der Waals surface area (Å²) in [4.78, 5) is 56.4. The number of benzene rings is 2. The molecule has 6 rings (SSSR count). The molecule has 2 bridgehead atoms. The molecule has 4 aromatic rings. The molecule has 42 heavy (non-hydrogen) atoms. The van der Waals surface area contributed by atoms with Crippen molar-refractivity contribution in [1.29, 1.82) is 0 Å². The molecule has 2 aromatic heterocycles. The Morgan fingerprint density at radius 1 is 1.24 bits per heavy atom. The molecule has 0 saturated heterocycles. The highest BCUT2D eigenvalue weighted by Gasteiger charge is 2.43. The van der Waals surface area contributed by atoms with Crippen molar-refractivity contribution in [2.75, 3.05) is 0 Å². The number of ether oxygens (including phenoxy) is 1. The van der Waals surface area contributed by atoms with Gasteiger partial charge in [0.05, 0.1) is 23.1 Å². The third-order valence-corrected chi connectivity index (χ3v) is 7.70. The van der Waals surface area contributed by atoms with E-state index in [4.69, 9.17) is 9.79 Å². The third kappa shape index (κ3) is 4.68. The van der Waals surface area contributed by atoms with Crippen molar-refractivity contribution in [2.24, 2.45) is 0 Å². The molecule has 2 aromatic carbocycles. The standard InChI is InChI=1S/C26H21F3N5O7P/c1-11(25(36)41-42(37,38)39)22-30-9-12(10-31-22)20-14(8-27)19(40-26(28)29)6-13-21(20)18-7-16(33-24(13)35)23-32-15-4-2-3-5-17(15)34(18)23/h2-6,9-11,16,18,26H,7-8H2,1H3,(H,33,35)(H2,37,38,39)/t11?,16-,18-/m1/s1. The molecule has 16 heteroatoms. The van der Waals surface area contributed by atoms with Crippen LogP contribution in [0.1, 0.15) is 64.5 Å². The monoisotopic (exact) mass is 603 g/mol. The minimum absolute atomic E-state index is 0.00329. The molecule has 0 spiro atoms. The summed E-state index contributed by atoms with van der Waals surface area (Å²) >= 11 is 0. The Morgan fingerprint density at radius 3 is 2.62 bits per heavy atom. The van der Waals surface area contributed by atoms with E-state index in [0.29, 0.717) is 23.3 Å². The smallest absolute Gasteiger partial charge is 0.434 e. The normalized spacial score (nSPS) is 18.3. The number of nitrogens with one attached hydrogen (secondary N) is 1. The van der Waals surface area contributed by atoms with Gasteiger partial charge in [-0.25, -0.2) is 23.9 Å². The molecule has 1 amide bonds. The minimum Gasteiger partial charge on any atom is -0.434 e. The summed E-state index contributed by atoms with van der Waals surface area (Å²) in [6.45, 7) is -3.29. The fourth-order valence-electron chi connectivity index (χ4n) is 5.58. The second-order valence-corrected chi connectivity index (χ2v) is 10.9. The van der Waals surface area contributed by atoms with Crippen LogP contribution in [0.4, 0.5) is 13.2 Å². The van der Waals surface area contributed by atoms with Gasteiger partial charge in [0.1, 0.15) is 30.0 Å². The van der Waals surface area contributed by atoms with E-state index >= 15 is 0 Å². The lowest BCUT2D eigenvalue weighted by molar-refractivity contribution is -0.137. The van der Waals surface area contributed by atoms with Crippen molar-refractivity contribution in [2.45, 2.75) is 44.6 Å². The second kappa shape index (κ2) is 10.2. The quantitative estimate of drug-likeness (QED) is 0.262. The molecule has 0 saturated carbocycles. The average molecular weight is 603 g/mol. The van der Waals surface area contributed by atoms with E-state index in [9.17, 15) is 27.3 Å². The van der Waals surface area contributed by atoms with Crippen LogP contribution in [-0.4, -0.2) is 47.8 Å². The molecule has 0 fully saturated rings. The van der Waals surface area contributed by atoms with Crippen LogP contribution in [0.25, 0.3) is 22.2 Å². The maximum absolute atomic E-state index is 14.7. The molecule has 4 heterocycles. The number of para-hydroxylation sites is 2. The average Bonchev–Trinajstić information content (AvgIpc) is 3.44. The fraction of sp³-hybridized carbons (Fsp3) is 0.269. The van der Waals surface area contributed by atoms with E-state index in [2.05, 4.69) is 29.5 Å². The van der Waals surface area contributed by atoms with Crippen molar-refractivity contribution in [3.8, 4) is 16.9 Å². The number of halogens is 3. The Hall–Kier alpha value is -4.33. The molecule has 2 aliphatic rings. The van der Waals surface area contributed by atoms with Gasteiger partial charge < -0.3 is 19.1 Å². The first-order valence-corrected chi connectivity index (χ1v) is 14.1. The van der Waals surface area contributed by atoms with Crippen LogP contribution in [0.5, 0.6) is 5.75 Å². The number of hydrogen-bond donors (Lipinski definition) is 3. The zero-order chi connectivity index (χ0) is 29.9. The van der Waals surface area contributed by atoms with Crippen molar-refractivity contribution in [1.82, 2.24) is 24.8 Å². The molecule has 218 valence electrons. The maximum atomic E-state index is 14.7. The van der Waals surface area contributed by atoms with Crippen molar-refractivity contribution < 1.29 is 46.4 Å². The number of imidazole rings is 1. The number of hydrogen-bond acceptors (Lipinski definition) is 8. The van der Waals surface area contributed by atoms with Crippen LogP contribution < -0.4 is 10.1 Å². The number of amides is 1. The Kier molecular flexibility index (Phi) is 6.75. The van der Waals surface area contributed by atoms with Crippen LogP contribution in [0.15, 0.2) is 42.7 Å². The number of aromatic nitrogens is 4. The SMILES string of the molecule is CC(C(=O)OP(=O)(O)O)c1ncc(-c2c(CF)c(OC(F)F)cc3c2[C@H]2C[C@@H](NC3=O)c3nc4ccccc4n32)cn1. The lowest BCUT2D eigenvalue weighted by atomic mass is 9.86. The first-order valence-electron chi connectivity index (χ1n) is 12.6. The number of carbonyl (C=O) groups is 2. The molecular weight excluding hydrogens is 582 g/mol. The fourth-order valence-corrected chi connectivity index (χ4v) is 5.98. The van der Waals surface area contributed by atoms with Gasteiger partial charge in [0.15, 0.2) is 0 Å². The number of carbonyl (C=O) groups excluding carboxylic acids is 2. The highest BCUT2D eigenvalue weighted by molar-refractivity contribution is 7.46. The van der Waals surface area contributed by atoms with E-state index < -0.39 is 56.7 Å². The second-order valence-electron chi connectivity index (χ2n) is 9.76. The zero-order valence-corrected chi connectivity index (χ0v) is 22.5. The summed E-state index contributed by atoms with van der Waals surface area (Å²) in [6.07, 6.45) is 2.75. The van der Waals surface area contributed by atoms with Gasteiger partial charge in [0, 0.05) is 34.6 Å². The van der Waals surface area contributed by atoms with Gasteiger partial charge in [-0.1, -0.05) is 12.1 Å². The predicted molar refractivity (Wildman–Crippen MR) is 138 cm³/mol. The Morgan fingerprint density at radius 2 is 1.95 bits per heavy atom. The lowest BCUT2D eigenvalue weighted by Gasteiger charge is -2.25. The number of alkyl halides is 3. The van der Waals surface area contributed by atoms with E-state index in [0.717, 1.165) is 11.6 Å². The summed E-state index contributed by atoms with van der Waals surface area (Å²) in [5, 5.41) is 2.89. The molecule has 0 radical (unpaired) electrons. The Balaban J connectivity index is 1.55. The number of phosphoric ester groups is 1.